The monoisotopic (exact) mass is 301 g/mol. The van der Waals surface area contributed by atoms with Crippen molar-refractivity contribution < 1.29 is 14.3 Å². The molecule has 0 radical (unpaired) electrons. The van der Waals surface area contributed by atoms with Gasteiger partial charge < -0.3 is 10.4 Å². The third-order valence-electron chi connectivity index (χ3n) is 3.58. The Morgan fingerprint density at radius 1 is 1.23 bits per heavy atom. The summed E-state index contributed by atoms with van der Waals surface area (Å²) >= 11 is 0. The predicted octanol–water partition coefficient (Wildman–Crippen LogP) is 3.38. The molecule has 0 heterocycles. The second-order valence-electron chi connectivity index (χ2n) is 5.50. The van der Waals surface area contributed by atoms with Crippen LogP contribution in [0.2, 0.25) is 0 Å². The van der Waals surface area contributed by atoms with E-state index in [0.29, 0.717) is 12.0 Å². The number of nitrogens with one attached hydrogen (secondary N) is 1. The summed E-state index contributed by atoms with van der Waals surface area (Å²) in [5, 5.41) is 13.0. The Kier molecular flexibility index (Phi) is 5.28. The summed E-state index contributed by atoms with van der Waals surface area (Å²) in [5.74, 6) is -0.766. The third kappa shape index (κ3) is 4.15. The molecule has 116 valence electrons. The van der Waals surface area contributed by atoms with Crippen LogP contribution in [-0.4, -0.2) is 17.1 Å². The number of aliphatic hydroxyl groups is 1. The normalized spacial score (nSPS) is 13.5. The molecule has 0 saturated heterocycles. The summed E-state index contributed by atoms with van der Waals surface area (Å²) in [4.78, 5) is 12.2. The van der Waals surface area contributed by atoms with Crippen molar-refractivity contribution in [1.29, 1.82) is 0 Å². The van der Waals surface area contributed by atoms with Crippen molar-refractivity contribution in [2.24, 2.45) is 0 Å². The molecule has 2 atom stereocenters. The average Bonchev–Trinajstić information content (AvgIpc) is 2.50. The molecule has 2 unspecified atom stereocenters. The van der Waals surface area contributed by atoms with Crippen LogP contribution in [0.1, 0.15) is 40.9 Å². The summed E-state index contributed by atoms with van der Waals surface area (Å²) in [7, 11) is 0. The molecule has 0 aromatic heterocycles. The minimum atomic E-state index is -0.648. The molecule has 4 heteroatoms. The van der Waals surface area contributed by atoms with Gasteiger partial charge in [-0.05, 0) is 43.5 Å². The van der Waals surface area contributed by atoms with Crippen LogP contribution in [0.15, 0.2) is 48.5 Å². The Hall–Kier alpha value is -2.20. The van der Waals surface area contributed by atoms with E-state index in [2.05, 4.69) is 5.32 Å². The molecule has 0 fully saturated rings. The van der Waals surface area contributed by atoms with E-state index in [1.165, 1.54) is 12.1 Å². The lowest BCUT2D eigenvalue weighted by Crippen LogP contribution is -2.34. The molecule has 0 aliphatic heterocycles. The highest BCUT2D eigenvalue weighted by Gasteiger charge is 2.16. The Labute approximate surface area is 129 Å². The summed E-state index contributed by atoms with van der Waals surface area (Å²) < 4.78 is 13.3. The molecular weight excluding hydrogens is 281 g/mol. The third-order valence-corrected chi connectivity index (χ3v) is 3.58. The van der Waals surface area contributed by atoms with Crippen LogP contribution in [0.5, 0.6) is 0 Å². The SMILES string of the molecule is Cc1ccc(F)cc1C(=O)NC(C)CC(O)c1ccccc1. The zero-order valence-corrected chi connectivity index (χ0v) is 12.7. The van der Waals surface area contributed by atoms with Crippen LogP contribution in [0, 0.1) is 12.7 Å². The number of benzene rings is 2. The zero-order chi connectivity index (χ0) is 16.1. The van der Waals surface area contributed by atoms with Crippen molar-refractivity contribution in [2.75, 3.05) is 0 Å². The maximum Gasteiger partial charge on any atom is 0.251 e. The highest BCUT2D eigenvalue weighted by atomic mass is 19.1. The van der Waals surface area contributed by atoms with Crippen molar-refractivity contribution in [3.8, 4) is 0 Å². The second kappa shape index (κ2) is 7.18. The molecule has 0 bridgehead atoms. The van der Waals surface area contributed by atoms with Crippen LogP contribution in [-0.2, 0) is 0 Å². The maximum absolute atomic E-state index is 13.3. The number of aryl methyl sites for hydroxylation is 1. The molecule has 22 heavy (non-hydrogen) atoms. The summed E-state index contributed by atoms with van der Waals surface area (Å²) in [6.45, 7) is 3.58. The molecule has 0 spiro atoms. The van der Waals surface area contributed by atoms with E-state index in [1.807, 2.05) is 37.3 Å². The molecule has 0 aliphatic rings. The number of rotatable bonds is 5. The molecule has 2 rings (SSSR count). The zero-order valence-electron chi connectivity index (χ0n) is 12.7. The van der Waals surface area contributed by atoms with E-state index in [1.54, 1.807) is 13.0 Å². The summed E-state index contributed by atoms with van der Waals surface area (Å²) in [6, 6.07) is 13.2. The van der Waals surface area contributed by atoms with Gasteiger partial charge in [0.05, 0.1) is 6.10 Å². The van der Waals surface area contributed by atoms with Crippen molar-refractivity contribution in [3.63, 3.8) is 0 Å². The molecule has 2 N–H and O–H groups in total. The highest BCUT2D eigenvalue weighted by Crippen LogP contribution is 2.18. The fourth-order valence-corrected chi connectivity index (χ4v) is 2.35. The first-order chi connectivity index (χ1) is 10.5. The molecule has 3 nitrogen and oxygen atoms in total. The van der Waals surface area contributed by atoms with Gasteiger partial charge in [-0.25, -0.2) is 4.39 Å². The van der Waals surface area contributed by atoms with Crippen LogP contribution in [0.25, 0.3) is 0 Å². The van der Waals surface area contributed by atoms with Crippen molar-refractivity contribution in [2.45, 2.75) is 32.4 Å². The smallest absolute Gasteiger partial charge is 0.251 e. The van der Waals surface area contributed by atoms with Crippen LogP contribution >= 0.6 is 0 Å². The van der Waals surface area contributed by atoms with Crippen LogP contribution in [0.4, 0.5) is 4.39 Å². The van der Waals surface area contributed by atoms with Crippen molar-refractivity contribution in [1.82, 2.24) is 5.32 Å². The standard InChI is InChI=1S/C18H20FNO2/c1-12-8-9-15(19)11-16(12)18(22)20-13(2)10-17(21)14-6-4-3-5-7-14/h3-9,11,13,17,21H,10H2,1-2H3,(H,20,22). The summed E-state index contributed by atoms with van der Waals surface area (Å²) in [5.41, 5.74) is 1.85. The lowest BCUT2D eigenvalue weighted by atomic mass is 10.0. The van der Waals surface area contributed by atoms with Gasteiger partial charge in [-0.15, -0.1) is 0 Å². The van der Waals surface area contributed by atoms with Gasteiger partial charge in [0.25, 0.3) is 5.91 Å². The number of halogens is 1. The van der Waals surface area contributed by atoms with Gasteiger partial charge in [0.2, 0.25) is 0 Å². The van der Waals surface area contributed by atoms with Gasteiger partial charge in [0.15, 0.2) is 0 Å². The molecule has 1 amide bonds. The topological polar surface area (TPSA) is 49.3 Å². The van der Waals surface area contributed by atoms with Gasteiger partial charge in [0.1, 0.15) is 5.82 Å². The minimum Gasteiger partial charge on any atom is -0.388 e. The lowest BCUT2D eigenvalue weighted by Gasteiger charge is -2.19. The maximum atomic E-state index is 13.3. The van der Waals surface area contributed by atoms with Crippen molar-refractivity contribution >= 4 is 5.91 Å². The van der Waals surface area contributed by atoms with Gasteiger partial charge in [0, 0.05) is 11.6 Å². The van der Waals surface area contributed by atoms with E-state index in [9.17, 15) is 14.3 Å². The first-order valence-corrected chi connectivity index (χ1v) is 7.27. The van der Waals surface area contributed by atoms with Crippen LogP contribution < -0.4 is 5.32 Å². The lowest BCUT2D eigenvalue weighted by molar-refractivity contribution is 0.0916. The van der Waals surface area contributed by atoms with Gasteiger partial charge in [-0.1, -0.05) is 36.4 Å². The van der Waals surface area contributed by atoms with Gasteiger partial charge in [-0.3, -0.25) is 4.79 Å². The fraction of sp³-hybridized carbons (Fsp3) is 0.278. The first-order valence-electron chi connectivity index (χ1n) is 7.27. The van der Waals surface area contributed by atoms with Crippen molar-refractivity contribution in [3.05, 3.63) is 71.0 Å². The molecule has 0 saturated carbocycles. The molecule has 0 aliphatic carbocycles. The van der Waals surface area contributed by atoms with E-state index in [4.69, 9.17) is 0 Å². The fourth-order valence-electron chi connectivity index (χ4n) is 2.35. The molecular formula is C18H20FNO2. The molecule has 2 aromatic carbocycles. The number of amides is 1. The number of carbonyl (C=O) groups is 1. The molecule has 2 aromatic rings. The Morgan fingerprint density at radius 2 is 1.91 bits per heavy atom. The summed E-state index contributed by atoms with van der Waals surface area (Å²) in [6.07, 6.45) is -0.255. The van der Waals surface area contributed by atoms with E-state index in [-0.39, 0.29) is 11.9 Å². The highest BCUT2D eigenvalue weighted by molar-refractivity contribution is 5.95. The Balaban J connectivity index is 1.98. The number of hydrogen-bond donors (Lipinski definition) is 2. The quantitative estimate of drug-likeness (QED) is 0.889. The van der Waals surface area contributed by atoms with E-state index in [0.717, 1.165) is 11.1 Å². The number of hydrogen-bond acceptors (Lipinski definition) is 2. The Morgan fingerprint density at radius 3 is 2.59 bits per heavy atom. The van der Waals surface area contributed by atoms with Gasteiger partial charge in [-0.2, -0.15) is 0 Å². The van der Waals surface area contributed by atoms with Crippen LogP contribution in [0.3, 0.4) is 0 Å². The van der Waals surface area contributed by atoms with E-state index >= 15 is 0 Å². The first kappa shape index (κ1) is 16.2. The van der Waals surface area contributed by atoms with E-state index < -0.39 is 11.9 Å². The second-order valence-corrected chi connectivity index (χ2v) is 5.50. The number of aliphatic hydroxyl groups excluding tert-OH is 1. The van der Waals surface area contributed by atoms with Gasteiger partial charge >= 0.3 is 0 Å². The Bertz CT molecular complexity index is 643. The number of carbonyl (C=O) groups excluding carboxylic acids is 1. The minimum absolute atomic E-state index is 0.231. The largest absolute Gasteiger partial charge is 0.388 e. The average molecular weight is 301 g/mol. The predicted molar refractivity (Wildman–Crippen MR) is 84.1 cm³/mol.